The summed E-state index contributed by atoms with van der Waals surface area (Å²) in [4.78, 5) is 17.1. The molecule has 0 N–H and O–H groups in total. The fourth-order valence-electron chi connectivity index (χ4n) is 4.65. The molecule has 4 rings (SSSR count). The molecule has 1 amide bonds. The van der Waals surface area contributed by atoms with Crippen molar-refractivity contribution in [1.82, 2.24) is 15.0 Å². The molecule has 0 radical (unpaired) electrons. The van der Waals surface area contributed by atoms with Gasteiger partial charge in [-0.2, -0.15) is 0 Å². The summed E-state index contributed by atoms with van der Waals surface area (Å²) in [6.07, 6.45) is 0.598. The molecule has 3 saturated heterocycles. The highest BCUT2D eigenvalue weighted by Crippen LogP contribution is 2.37. The van der Waals surface area contributed by atoms with Crippen molar-refractivity contribution in [1.29, 1.82) is 0 Å². The Balaban J connectivity index is 1.37. The largest absolute Gasteiger partial charge is 0.381 e. The molecule has 1 aromatic heterocycles. The van der Waals surface area contributed by atoms with Crippen molar-refractivity contribution in [2.24, 2.45) is 17.8 Å². The highest BCUT2D eigenvalue weighted by Gasteiger charge is 2.42. The van der Waals surface area contributed by atoms with Gasteiger partial charge in [-0.05, 0) is 31.6 Å². The molecule has 3 aliphatic heterocycles. The van der Waals surface area contributed by atoms with Crippen LogP contribution < -0.4 is 0 Å². The molecule has 7 heteroatoms. The summed E-state index contributed by atoms with van der Waals surface area (Å²) in [5, 5.41) is 4.07. The van der Waals surface area contributed by atoms with Gasteiger partial charge in [-0.3, -0.25) is 9.69 Å². The first-order valence-electron chi connectivity index (χ1n) is 9.69. The number of nitrogens with zero attached hydrogens (tertiary/aromatic N) is 3. The number of fused-ring (bicyclic) bond motifs is 1. The van der Waals surface area contributed by atoms with E-state index in [1.54, 1.807) is 0 Å². The Hall–Kier alpha value is -1.44. The summed E-state index contributed by atoms with van der Waals surface area (Å²) >= 11 is 0. The molecule has 3 aliphatic rings. The summed E-state index contributed by atoms with van der Waals surface area (Å²) in [7, 11) is 0. The van der Waals surface area contributed by atoms with Gasteiger partial charge < -0.3 is 18.9 Å². The van der Waals surface area contributed by atoms with Crippen LogP contribution in [0, 0.1) is 31.6 Å². The minimum atomic E-state index is 0.256. The number of hydrogen-bond donors (Lipinski definition) is 0. The number of amides is 1. The molecule has 0 unspecified atom stereocenters. The van der Waals surface area contributed by atoms with Crippen LogP contribution >= 0.6 is 0 Å². The average Bonchev–Trinajstić information content (AvgIpc) is 3.21. The van der Waals surface area contributed by atoms with Crippen molar-refractivity contribution in [2.45, 2.75) is 26.8 Å². The highest BCUT2D eigenvalue weighted by molar-refractivity contribution is 5.76. The van der Waals surface area contributed by atoms with E-state index in [0.29, 0.717) is 44.0 Å². The molecule has 3 atom stereocenters. The zero-order valence-corrected chi connectivity index (χ0v) is 15.8. The third-order valence-corrected chi connectivity index (χ3v) is 6.20. The second-order valence-electron chi connectivity index (χ2n) is 7.92. The van der Waals surface area contributed by atoms with E-state index in [2.05, 4.69) is 10.1 Å². The van der Waals surface area contributed by atoms with Gasteiger partial charge in [-0.1, -0.05) is 5.16 Å². The van der Waals surface area contributed by atoms with Crippen molar-refractivity contribution >= 4 is 5.91 Å². The number of morpholine rings is 1. The SMILES string of the molecule is Cc1noc(C)c1CN1C[C@@H]2COC[C@@H](CC(=O)N3CCOCC3)[C@@H]2C1. The summed E-state index contributed by atoms with van der Waals surface area (Å²) in [6, 6.07) is 0. The van der Waals surface area contributed by atoms with Crippen LogP contribution in [0.2, 0.25) is 0 Å². The van der Waals surface area contributed by atoms with Gasteiger partial charge in [0.2, 0.25) is 5.91 Å². The van der Waals surface area contributed by atoms with Crippen molar-refractivity contribution in [2.75, 3.05) is 52.6 Å². The van der Waals surface area contributed by atoms with E-state index in [-0.39, 0.29) is 5.91 Å². The molecule has 4 heterocycles. The van der Waals surface area contributed by atoms with E-state index in [1.807, 2.05) is 18.7 Å². The van der Waals surface area contributed by atoms with Crippen LogP contribution in [0.4, 0.5) is 0 Å². The lowest BCUT2D eigenvalue weighted by atomic mass is 9.81. The van der Waals surface area contributed by atoms with Crippen LogP contribution in [-0.2, 0) is 20.8 Å². The lowest BCUT2D eigenvalue weighted by Crippen LogP contribution is -2.44. The maximum atomic E-state index is 12.7. The van der Waals surface area contributed by atoms with E-state index in [9.17, 15) is 4.79 Å². The first-order valence-corrected chi connectivity index (χ1v) is 9.69. The lowest BCUT2D eigenvalue weighted by Gasteiger charge is -2.35. The predicted octanol–water partition coefficient (Wildman–Crippen LogP) is 1.23. The van der Waals surface area contributed by atoms with Gasteiger partial charge in [-0.25, -0.2) is 0 Å². The third kappa shape index (κ3) is 3.66. The van der Waals surface area contributed by atoms with Crippen LogP contribution in [0.5, 0.6) is 0 Å². The van der Waals surface area contributed by atoms with E-state index >= 15 is 0 Å². The first kappa shape index (κ1) is 17.9. The summed E-state index contributed by atoms with van der Waals surface area (Å²) in [5.41, 5.74) is 2.18. The molecule has 0 aliphatic carbocycles. The van der Waals surface area contributed by atoms with Gasteiger partial charge in [0.1, 0.15) is 5.76 Å². The first-order chi connectivity index (χ1) is 12.6. The highest BCUT2D eigenvalue weighted by atomic mass is 16.5. The van der Waals surface area contributed by atoms with Crippen LogP contribution in [-0.4, -0.2) is 73.5 Å². The molecule has 7 nitrogen and oxygen atoms in total. The molecular weight excluding hydrogens is 334 g/mol. The van der Waals surface area contributed by atoms with Gasteiger partial charge in [0.25, 0.3) is 0 Å². The van der Waals surface area contributed by atoms with Crippen LogP contribution in [0.15, 0.2) is 4.52 Å². The predicted molar refractivity (Wildman–Crippen MR) is 94.6 cm³/mol. The standard InChI is InChI=1S/C19H29N3O4/c1-13-17(14(2)26-20-13)9-21-8-16-12-25-11-15(18(16)10-21)7-19(23)22-3-5-24-6-4-22/h15-16,18H,3-12H2,1-2H3/t15-,16-,18+/m1/s1. The number of hydrogen-bond acceptors (Lipinski definition) is 6. The Bertz CT molecular complexity index is 621. The van der Waals surface area contributed by atoms with Crippen LogP contribution in [0.25, 0.3) is 0 Å². The number of aryl methyl sites for hydroxylation is 2. The topological polar surface area (TPSA) is 68.0 Å². The maximum Gasteiger partial charge on any atom is 0.223 e. The van der Waals surface area contributed by atoms with Gasteiger partial charge in [0, 0.05) is 44.7 Å². The van der Waals surface area contributed by atoms with Crippen LogP contribution in [0.3, 0.4) is 0 Å². The Morgan fingerprint density at radius 3 is 2.69 bits per heavy atom. The monoisotopic (exact) mass is 363 g/mol. The normalized spacial score (nSPS) is 29.8. The minimum absolute atomic E-state index is 0.256. The molecule has 0 bridgehead atoms. The number of aromatic nitrogens is 1. The number of likely N-dealkylation sites (tertiary alicyclic amines) is 1. The number of carbonyl (C=O) groups excluding carboxylic acids is 1. The van der Waals surface area contributed by atoms with Crippen molar-refractivity contribution in [3.05, 3.63) is 17.0 Å². The summed E-state index contributed by atoms with van der Waals surface area (Å²) in [6.45, 7) is 11.2. The second-order valence-corrected chi connectivity index (χ2v) is 7.92. The fraction of sp³-hybridized carbons (Fsp3) is 0.789. The summed E-state index contributed by atoms with van der Waals surface area (Å²) in [5.74, 6) is 2.54. The van der Waals surface area contributed by atoms with E-state index in [4.69, 9.17) is 14.0 Å². The van der Waals surface area contributed by atoms with E-state index in [0.717, 1.165) is 50.8 Å². The summed E-state index contributed by atoms with van der Waals surface area (Å²) < 4.78 is 16.5. The van der Waals surface area contributed by atoms with Crippen molar-refractivity contribution < 1.29 is 18.8 Å². The zero-order chi connectivity index (χ0) is 18.1. The molecule has 0 spiro atoms. The molecule has 1 aromatic rings. The van der Waals surface area contributed by atoms with Gasteiger partial charge in [0.15, 0.2) is 0 Å². The Labute approximate surface area is 154 Å². The van der Waals surface area contributed by atoms with E-state index in [1.165, 1.54) is 5.56 Å². The van der Waals surface area contributed by atoms with Gasteiger partial charge in [0.05, 0.1) is 32.1 Å². The van der Waals surface area contributed by atoms with Crippen molar-refractivity contribution in [3.8, 4) is 0 Å². The van der Waals surface area contributed by atoms with Gasteiger partial charge in [-0.15, -0.1) is 0 Å². The molecular formula is C19H29N3O4. The fourth-order valence-corrected chi connectivity index (χ4v) is 4.65. The van der Waals surface area contributed by atoms with Gasteiger partial charge >= 0.3 is 0 Å². The minimum Gasteiger partial charge on any atom is -0.381 e. The molecule has 26 heavy (non-hydrogen) atoms. The molecule has 3 fully saturated rings. The zero-order valence-electron chi connectivity index (χ0n) is 15.8. The molecule has 0 saturated carbocycles. The lowest BCUT2D eigenvalue weighted by molar-refractivity contribution is -0.138. The maximum absolute atomic E-state index is 12.7. The number of ether oxygens (including phenoxy) is 2. The Kier molecular flexibility index (Phi) is 5.29. The smallest absolute Gasteiger partial charge is 0.223 e. The number of rotatable bonds is 4. The second kappa shape index (κ2) is 7.66. The molecule has 144 valence electrons. The number of carbonyl (C=O) groups is 1. The van der Waals surface area contributed by atoms with Crippen molar-refractivity contribution in [3.63, 3.8) is 0 Å². The third-order valence-electron chi connectivity index (χ3n) is 6.20. The quantitative estimate of drug-likeness (QED) is 0.802. The average molecular weight is 363 g/mol. The Morgan fingerprint density at radius 2 is 1.96 bits per heavy atom. The molecule has 0 aromatic carbocycles. The van der Waals surface area contributed by atoms with E-state index < -0.39 is 0 Å². The van der Waals surface area contributed by atoms with Crippen LogP contribution in [0.1, 0.15) is 23.4 Å². The Morgan fingerprint density at radius 1 is 1.15 bits per heavy atom.